The van der Waals surface area contributed by atoms with E-state index in [0.29, 0.717) is 11.3 Å². The molecule has 0 saturated heterocycles. The Morgan fingerprint density at radius 3 is 2.52 bits per heavy atom. The van der Waals surface area contributed by atoms with Crippen molar-refractivity contribution in [1.29, 1.82) is 5.26 Å². The van der Waals surface area contributed by atoms with Gasteiger partial charge in [-0.2, -0.15) is 18.4 Å². The summed E-state index contributed by atoms with van der Waals surface area (Å²) >= 11 is 3.24. The minimum Gasteiger partial charge on any atom is -0.380 e. The Hall–Kier alpha value is -2.00. The van der Waals surface area contributed by atoms with Gasteiger partial charge in [-0.15, -0.1) is 0 Å². The maximum atomic E-state index is 12.9. The third kappa shape index (κ3) is 3.76. The van der Waals surface area contributed by atoms with Gasteiger partial charge >= 0.3 is 6.18 Å². The standard InChI is InChI=1S/C15H10BrF3N2/c16-12-5-6-14(11(7-12)8-20)21-9-10-3-1-2-4-13(10)15(17,18)19/h1-7,21H,9H2. The predicted molar refractivity (Wildman–Crippen MR) is 77.6 cm³/mol. The molecule has 0 aliphatic rings. The molecule has 0 unspecified atom stereocenters. The summed E-state index contributed by atoms with van der Waals surface area (Å²) in [5, 5.41) is 11.9. The maximum absolute atomic E-state index is 12.9. The van der Waals surface area contributed by atoms with E-state index in [0.717, 1.165) is 10.5 Å². The topological polar surface area (TPSA) is 35.8 Å². The number of benzene rings is 2. The molecule has 0 fully saturated rings. The quantitative estimate of drug-likeness (QED) is 0.846. The van der Waals surface area contributed by atoms with Gasteiger partial charge in [-0.3, -0.25) is 0 Å². The van der Waals surface area contributed by atoms with Crippen LogP contribution in [0, 0.1) is 11.3 Å². The van der Waals surface area contributed by atoms with Gasteiger partial charge in [0.2, 0.25) is 0 Å². The zero-order valence-electron chi connectivity index (χ0n) is 10.7. The van der Waals surface area contributed by atoms with Crippen molar-refractivity contribution >= 4 is 21.6 Å². The van der Waals surface area contributed by atoms with E-state index in [1.807, 2.05) is 6.07 Å². The summed E-state index contributed by atoms with van der Waals surface area (Å²) in [5.74, 6) is 0. The van der Waals surface area contributed by atoms with E-state index in [1.54, 1.807) is 24.3 Å². The van der Waals surface area contributed by atoms with Crippen LogP contribution in [0.15, 0.2) is 46.9 Å². The highest BCUT2D eigenvalue weighted by Crippen LogP contribution is 2.32. The molecule has 0 atom stereocenters. The van der Waals surface area contributed by atoms with Crippen molar-refractivity contribution in [2.45, 2.75) is 12.7 Å². The Bertz CT molecular complexity index is 690. The Morgan fingerprint density at radius 2 is 1.86 bits per heavy atom. The lowest BCUT2D eigenvalue weighted by Gasteiger charge is -2.14. The van der Waals surface area contributed by atoms with Crippen molar-refractivity contribution in [3.05, 3.63) is 63.6 Å². The summed E-state index contributed by atoms with van der Waals surface area (Å²) in [7, 11) is 0. The van der Waals surface area contributed by atoms with Gasteiger partial charge in [-0.25, -0.2) is 0 Å². The highest BCUT2D eigenvalue weighted by molar-refractivity contribution is 9.10. The molecule has 0 saturated carbocycles. The molecule has 6 heteroatoms. The van der Waals surface area contributed by atoms with Crippen molar-refractivity contribution in [3.8, 4) is 6.07 Å². The van der Waals surface area contributed by atoms with E-state index < -0.39 is 11.7 Å². The second-order valence-corrected chi connectivity index (χ2v) is 5.23. The van der Waals surface area contributed by atoms with E-state index in [1.165, 1.54) is 12.1 Å². The van der Waals surface area contributed by atoms with Gasteiger partial charge < -0.3 is 5.32 Å². The molecule has 0 heterocycles. The summed E-state index contributed by atoms with van der Waals surface area (Å²) in [5.41, 5.74) is 0.330. The molecule has 0 aliphatic carbocycles. The molecule has 0 bridgehead atoms. The number of hydrogen-bond acceptors (Lipinski definition) is 2. The van der Waals surface area contributed by atoms with E-state index in [9.17, 15) is 13.2 Å². The van der Waals surface area contributed by atoms with Gasteiger partial charge in [0.05, 0.1) is 16.8 Å². The first kappa shape index (κ1) is 15.4. The summed E-state index contributed by atoms with van der Waals surface area (Å²) in [6.45, 7) is -0.00794. The fraction of sp³-hybridized carbons (Fsp3) is 0.133. The highest BCUT2D eigenvalue weighted by atomic mass is 79.9. The first-order chi connectivity index (χ1) is 9.91. The van der Waals surface area contributed by atoms with Crippen molar-refractivity contribution in [3.63, 3.8) is 0 Å². The van der Waals surface area contributed by atoms with Gasteiger partial charge in [0, 0.05) is 11.0 Å². The number of alkyl halides is 3. The minimum absolute atomic E-state index is 0.00794. The second-order valence-electron chi connectivity index (χ2n) is 4.31. The van der Waals surface area contributed by atoms with E-state index in [-0.39, 0.29) is 12.1 Å². The summed E-state index contributed by atoms with van der Waals surface area (Å²) in [6, 6.07) is 12.4. The largest absolute Gasteiger partial charge is 0.416 e. The summed E-state index contributed by atoms with van der Waals surface area (Å²) < 4.78 is 39.4. The van der Waals surface area contributed by atoms with Gasteiger partial charge in [0.15, 0.2) is 0 Å². The molecule has 1 N–H and O–H groups in total. The molecule has 0 spiro atoms. The summed E-state index contributed by atoms with van der Waals surface area (Å²) in [6.07, 6.45) is -4.39. The van der Waals surface area contributed by atoms with Crippen LogP contribution in [0.3, 0.4) is 0 Å². The first-order valence-corrected chi connectivity index (χ1v) is 6.80. The van der Waals surface area contributed by atoms with E-state index >= 15 is 0 Å². The van der Waals surface area contributed by atoms with Crippen molar-refractivity contribution in [2.24, 2.45) is 0 Å². The summed E-state index contributed by atoms with van der Waals surface area (Å²) in [4.78, 5) is 0. The van der Waals surface area contributed by atoms with Gasteiger partial charge in [-0.05, 0) is 29.8 Å². The number of nitriles is 1. The maximum Gasteiger partial charge on any atom is 0.416 e. The number of anilines is 1. The molecule has 2 aromatic carbocycles. The Balaban J connectivity index is 2.24. The van der Waals surface area contributed by atoms with Crippen LogP contribution in [0.25, 0.3) is 0 Å². The molecule has 0 amide bonds. The highest BCUT2D eigenvalue weighted by Gasteiger charge is 2.32. The van der Waals surface area contributed by atoms with Crippen LogP contribution in [0.4, 0.5) is 18.9 Å². The Kier molecular flexibility index (Phi) is 4.53. The number of nitrogens with zero attached hydrogens (tertiary/aromatic N) is 1. The molecular formula is C15H10BrF3N2. The molecule has 0 aromatic heterocycles. The fourth-order valence-electron chi connectivity index (χ4n) is 1.90. The fourth-order valence-corrected chi connectivity index (χ4v) is 2.27. The van der Waals surface area contributed by atoms with Crippen LogP contribution >= 0.6 is 15.9 Å². The third-order valence-corrected chi connectivity index (χ3v) is 3.39. The number of halogens is 4. The second kappa shape index (κ2) is 6.19. The smallest absolute Gasteiger partial charge is 0.380 e. The molecular weight excluding hydrogens is 345 g/mol. The van der Waals surface area contributed by atoms with Gasteiger partial charge in [-0.1, -0.05) is 34.1 Å². The zero-order valence-corrected chi connectivity index (χ0v) is 12.3. The number of hydrogen-bond donors (Lipinski definition) is 1. The monoisotopic (exact) mass is 354 g/mol. The van der Waals surface area contributed by atoms with Crippen molar-refractivity contribution in [1.82, 2.24) is 0 Å². The molecule has 0 radical (unpaired) electrons. The van der Waals surface area contributed by atoms with Gasteiger partial charge in [0.1, 0.15) is 6.07 Å². The lowest BCUT2D eigenvalue weighted by Crippen LogP contribution is -2.12. The van der Waals surface area contributed by atoms with Gasteiger partial charge in [0.25, 0.3) is 0 Å². The Morgan fingerprint density at radius 1 is 1.14 bits per heavy atom. The molecule has 2 rings (SSSR count). The number of nitrogens with one attached hydrogen (secondary N) is 1. The van der Waals surface area contributed by atoms with Crippen molar-refractivity contribution < 1.29 is 13.2 Å². The van der Waals surface area contributed by atoms with Crippen LogP contribution in [0.1, 0.15) is 16.7 Å². The molecule has 2 nitrogen and oxygen atoms in total. The van der Waals surface area contributed by atoms with Crippen LogP contribution in [-0.4, -0.2) is 0 Å². The average Bonchev–Trinajstić information content (AvgIpc) is 2.45. The zero-order chi connectivity index (χ0) is 15.5. The van der Waals surface area contributed by atoms with E-state index in [2.05, 4.69) is 21.2 Å². The predicted octanol–water partition coefficient (Wildman–Crippen LogP) is 4.95. The van der Waals surface area contributed by atoms with E-state index in [4.69, 9.17) is 5.26 Å². The normalized spacial score (nSPS) is 11.0. The van der Waals surface area contributed by atoms with Crippen LogP contribution in [-0.2, 0) is 12.7 Å². The van der Waals surface area contributed by atoms with Crippen LogP contribution in [0.5, 0.6) is 0 Å². The molecule has 108 valence electrons. The average molecular weight is 355 g/mol. The Labute approximate surface area is 128 Å². The number of rotatable bonds is 3. The first-order valence-electron chi connectivity index (χ1n) is 6.00. The lowest BCUT2D eigenvalue weighted by atomic mass is 10.1. The van der Waals surface area contributed by atoms with Crippen LogP contribution < -0.4 is 5.32 Å². The molecule has 0 aliphatic heterocycles. The van der Waals surface area contributed by atoms with Crippen molar-refractivity contribution in [2.75, 3.05) is 5.32 Å². The SMILES string of the molecule is N#Cc1cc(Br)ccc1NCc1ccccc1C(F)(F)F. The molecule has 2 aromatic rings. The minimum atomic E-state index is -4.39. The van der Waals surface area contributed by atoms with Crippen LogP contribution in [0.2, 0.25) is 0 Å². The lowest BCUT2D eigenvalue weighted by molar-refractivity contribution is -0.138. The molecule has 21 heavy (non-hydrogen) atoms. The third-order valence-electron chi connectivity index (χ3n) is 2.89.